The molecule has 0 fully saturated rings. The Labute approximate surface area is 71.6 Å². The van der Waals surface area contributed by atoms with E-state index in [4.69, 9.17) is 0 Å². The lowest BCUT2D eigenvalue weighted by Crippen LogP contribution is -2.21. The Morgan fingerprint density at radius 3 is 3.17 bits per heavy atom. The molecular weight excluding hydrogens is 150 g/mol. The highest BCUT2D eigenvalue weighted by Crippen LogP contribution is 2.26. The zero-order valence-electron chi connectivity index (χ0n) is 6.94. The molecule has 0 aromatic heterocycles. The van der Waals surface area contributed by atoms with Crippen molar-refractivity contribution < 1.29 is 5.11 Å². The van der Waals surface area contributed by atoms with Gasteiger partial charge in [0.1, 0.15) is 5.76 Å². The van der Waals surface area contributed by atoms with E-state index in [2.05, 4.69) is 11.9 Å². The van der Waals surface area contributed by atoms with Crippen LogP contribution in [-0.4, -0.2) is 17.4 Å². The van der Waals surface area contributed by atoms with Gasteiger partial charge < -0.3 is 5.11 Å². The number of allylic oxidation sites excluding steroid dienone is 2. The van der Waals surface area contributed by atoms with Gasteiger partial charge in [0.15, 0.2) is 0 Å². The van der Waals surface area contributed by atoms with Crippen molar-refractivity contribution in [3.05, 3.63) is 35.6 Å². The van der Waals surface area contributed by atoms with Crippen LogP contribution in [0.5, 0.6) is 0 Å². The first-order chi connectivity index (χ1) is 5.77. The van der Waals surface area contributed by atoms with Crippen molar-refractivity contribution >= 4 is 6.21 Å². The third kappa shape index (κ3) is 1.09. The van der Waals surface area contributed by atoms with Crippen LogP contribution < -0.4 is 0 Å². The molecule has 2 atom stereocenters. The second kappa shape index (κ2) is 2.63. The van der Waals surface area contributed by atoms with E-state index >= 15 is 0 Å². The van der Waals surface area contributed by atoms with Gasteiger partial charge in [-0.15, -0.1) is 0 Å². The maximum absolute atomic E-state index is 9.32. The van der Waals surface area contributed by atoms with Gasteiger partial charge in [-0.2, -0.15) is 0 Å². The Hall–Kier alpha value is -1.31. The summed E-state index contributed by atoms with van der Waals surface area (Å²) < 4.78 is 0. The summed E-state index contributed by atoms with van der Waals surface area (Å²) in [7, 11) is 0. The zero-order chi connectivity index (χ0) is 8.55. The van der Waals surface area contributed by atoms with E-state index in [0.29, 0.717) is 11.7 Å². The summed E-state index contributed by atoms with van der Waals surface area (Å²) in [5.74, 6) is 0.654. The molecule has 2 heteroatoms. The average molecular weight is 161 g/mol. The minimum atomic E-state index is 0.214. The molecule has 1 N–H and O–H groups in total. The molecule has 1 heterocycles. The van der Waals surface area contributed by atoms with Gasteiger partial charge in [-0.05, 0) is 23.8 Å². The number of aliphatic imine (C=N–C) groups is 1. The van der Waals surface area contributed by atoms with Crippen molar-refractivity contribution in [1.82, 2.24) is 0 Å². The maximum Gasteiger partial charge on any atom is 0.112 e. The van der Waals surface area contributed by atoms with Crippen molar-refractivity contribution in [2.45, 2.75) is 13.0 Å². The number of hydrogen-bond donors (Lipinski definition) is 1. The van der Waals surface area contributed by atoms with Crippen molar-refractivity contribution in [3.8, 4) is 0 Å². The van der Waals surface area contributed by atoms with Crippen LogP contribution in [0.3, 0.4) is 0 Å². The molecule has 2 unspecified atom stereocenters. The molecule has 0 bridgehead atoms. The van der Waals surface area contributed by atoms with Gasteiger partial charge in [0, 0.05) is 12.1 Å². The zero-order valence-corrected chi connectivity index (χ0v) is 6.94. The lowest BCUT2D eigenvalue weighted by atomic mass is 9.88. The van der Waals surface area contributed by atoms with Crippen LogP contribution in [0.4, 0.5) is 0 Å². The molecule has 0 aromatic carbocycles. The van der Waals surface area contributed by atoms with Crippen LogP contribution in [0.2, 0.25) is 0 Å². The average Bonchev–Trinajstić information content (AvgIpc) is 2.04. The first-order valence-electron chi connectivity index (χ1n) is 4.09. The molecule has 0 spiro atoms. The minimum Gasteiger partial charge on any atom is -0.508 e. The van der Waals surface area contributed by atoms with E-state index in [1.807, 2.05) is 24.4 Å². The Morgan fingerprint density at radius 2 is 2.33 bits per heavy atom. The number of dihydropyridines is 1. The van der Waals surface area contributed by atoms with Crippen LogP contribution in [0.15, 0.2) is 40.6 Å². The molecular formula is C10H11NO. The van der Waals surface area contributed by atoms with Crippen molar-refractivity contribution in [1.29, 1.82) is 0 Å². The molecule has 2 nitrogen and oxygen atoms in total. The molecule has 0 amide bonds. The summed E-state index contributed by atoms with van der Waals surface area (Å²) in [6.45, 7) is 2.06. The van der Waals surface area contributed by atoms with Gasteiger partial charge in [-0.3, -0.25) is 4.99 Å². The summed E-state index contributed by atoms with van der Waals surface area (Å²) in [5.41, 5.74) is 1.10. The summed E-state index contributed by atoms with van der Waals surface area (Å²) in [4.78, 5) is 4.33. The largest absolute Gasteiger partial charge is 0.508 e. The van der Waals surface area contributed by atoms with Crippen LogP contribution in [0.25, 0.3) is 0 Å². The quantitative estimate of drug-likeness (QED) is 0.579. The summed E-state index contributed by atoms with van der Waals surface area (Å²) >= 11 is 0. The molecule has 2 aliphatic rings. The number of rotatable bonds is 0. The minimum absolute atomic E-state index is 0.214. The molecule has 0 radical (unpaired) electrons. The number of hydrogen-bond acceptors (Lipinski definition) is 2. The normalized spacial score (nSPS) is 32.4. The van der Waals surface area contributed by atoms with Gasteiger partial charge in [0.2, 0.25) is 0 Å². The van der Waals surface area contributed by atoms with E-state index in [1.165, 1.54) is 0 Å². The monoisotopic (exact) mass is 161 g/mol. The molecule has 0 saturated carbocycles. The Bertz CT molecular complexity index is 310. The fourth-order valence-electron chi connectivity index (χ4n) is 1.63. The van der Waals surface area contributed by atoms with Crippen LogP contribution in [-0.2, 0) is 0 Å². The standard InChI is InChI=1S/C10H11NO/c1-7-5-9(12)6-8-3-2-4-11-10(7)8/h2-7,10,12H,1H3. The van der Waals surface area contributed by atoms with E-state index in [1.54, 1.807) is 6.08 Å². The predicted octanol–water partition coefficient (Wildman–Crippen LogP) is 2.01. The highest BCUT2D eigenvalue weighted by atomic mass is 16.3. The summed E-state index contributed by atoms with van der Waals surface area (Å²) in [6.07, 6.45) is 9.32. The van der Waals surface area contributed by atoms with Gasteiger partial charge in [0.05, 0.1) is 6.04 Å². The van der Waals surface area contributed by atoms with Crippen LogP contribution >= 0.6 is 0 Å². The van der Waals surface area contributed by atoms with Crippen molar-refractivity contribution in [2.75, 3.05) is 0 Å². The number of aliphatic hydroxyl groups is 1. The highest BCUT2D eigenvalue weighted by Gasteiger charge is 2.22. The molecule has 12 heavy (non-hydrogen) atoms. The van der Waals surface area contributed by atoms with Gasteiger partial charge >= 0.3 is 0 Å². The fraction of sp³-hybridized carbons (Fsp3) is 0.300. The molecule has 0 saturated heterocycles. The fourth-order valence-corrected chi connectivity index (χ4v) is 1.63. The maximum atomic E-state index is 9.32. The summed E-state index contributed by atoms with van der Waals surface area (Å²) in [6, 6.07) is 0.214. The van der Waals surface area contributed by atoms with E-state index < -0.39 is 0 Å². The number of aliphatic hydroxyl groups excluding tert-OH is 1. The predicted molar refractivity (Wildman–Crippen MR) is 49.4 cm³/mol. The SMILES string of the molecule is CC1C=C(O)C=C2C=CC=NC21. The van der Waals surface area contributed by atoms with Gasteiger partial charge in [-0.25, -0.2) is 0 Å². The Morgan fingerprint density at radius 1 is 1.50 bits per heavy atom. The Balaban J connectivity index is 2.38. The van der Waals surface area contributed by atoms with Crippen LogP contribution in [0.1, 0.15) is 6.92 Å². The van der Waals surface area contributed by atoms with E-state index in [-0.39, 0.29) is 6.04 Å². The first kappa shape index (κ1) is 7.35. The smallest absolute Gasteiger partial charge is 0.112 e. The number of fused-ring (bicyclic) bond motifs is 1. The third-order valence-electron chi connectivity index (χ3n) is 2.21. The van der Waals surface area contributed by atoms with Crippen LogP contribution in [0, 0.1) is 5.92 Å². The number of nitrogens with zero attached hydrogens (tertiary/aromatic N) is 1. The first-order valence-corrected chi connectivity index (χ1v) is 4.09. The van der Waals surface area contributed by atoms with Gasteiger partial charge in [0.25, 0.3) is 0 Å². The second-order valence-corrected chi connectivity index (χ2v) is 3.20. The lowest BCUT2D eigenvalue weighted by molar-refractivity contribution is 0.412. The highest BCUT2D eigenvalue weighted by molar-refractivity contribution is 5.75. The molecule has 1 aliphatic carbocycles. The third-order valence-corrected chi connectivity index (χ3v) is 2.21. The topological polar surface area (TPSA) is 32.6 Å². The summed E-state index contributed by atoms with van der Waals surface area (Å²) in [5, 5.41) is 9.32. The Kier molecular flexibility index (Phi) is 1.61. The lowest BCUT2D eigenvalue weighted by Gasteiger charge is -2.24. The second-order valence-electron chi connectivity index (χ2n) is 3.20. The van der Waals surface area contributed by atoms with E-state index in [9.17, 15) is 5.11 Å². The van der Waals surface area contributed by atoms with E-state index in [0.717, 1.165) is 5.57 Å². The van der Waals surface area contributed by atoms with Crippen molar-refractivity contribution in [3.63, 3.8) is 0 Å². The molecule has 62 valence electrons. The molecule has 2 rings (SSSR count). The molecule has 1 aliphatic heterocycles. The van der Waals surface area contributed by atoms with Gasteiger partial charge in [-0.1, -0.05) is 13.0 Å². The molecule has 0 aromatic rings. The van der Waals surface area contributed by atoms with Crippen molar-refractivity contribution in [2.24, 2.45) is 10.9 Å².